The molecule has 0 spiro atoms. The Morgan fingerprint density at radius 3 is 1.62 bits per heavy atom. The molecule has 0 aliphatic carbocycles. The van der Waals surface area contributed by atoms with Crippen molar-refractivity contribution in [1.82, 2.24) is 10.0 Å². The van der Waals surface area contributed by atoms with E-state index in [4.69, 9.17) is 0 Å². The molecule has 2 amide bonds. The highest BCUT2D eigenvalue weighted by Gasteiger charge is 2.50. The van der Waals surface area contributed by atoms with Gasteiger partial charge in [-0.25, -0.2) is 10.0 Å². The highest BCUT2D eigenvalue weighted by molar-refractivity contribution is 7.82. The molecule has 5 rings (SSSR count). The lowest BCUT2D eigenvalue weighted by Crippen LogP contribution is -2.53. The minimum Gasteiger partial charge on any atom is -0.273 e. The third kappa shape index (κ3) is 3.56. The highest BCUT2D eigenvalue weighted by Crippen LogP contribution is 2.56. The summed E-state index contributed by atoms with van der Waals surface area (Å²) >= 11 is 0. The molecule has 0 bridgehead atoms. The summed E-state index contributed by atoms with van der Waals surface area (Å²) in [6.45, 7) is 4.23. The van der Waals surface area contributed by atoms with Crippen molar-refractivity contribution in [2.24, 2.45) is 0 Å². The highest BCUT2D eigenvalue weighted by atomic mass is 31.1. The zero-order valence-electron chi connectivity index (χ0n) is 18.3. The Balaban J connectivity index is 1.65. The topological polar surface area (TPSA) is 40.6 Å². The predicted octanol–water partition coefficient (Wildman–Crippen LogP) is 3.62. The average Bonchev–Trinajstić information content (AvgIpc) is 3.09. The molecular formula is C26H26N2O2P2. The van der Waals surface area contributed by atoms with Crippen molar-refractivity contribution in [3.8, 4) is 0 Å². The van der Waals surface area contributed by atoms with Gasteiger partial charge in [-0.05, 0) is 50.9 Å². The van der Waals surface area contributed by atoms with Crippen LogP contribution in [-0.2, 0) is 9.59 Å². The van der Waals surface area contributed by atoms with Gasteiger partial charge >= 0.3 is 0 Å². The summed E-state index contributed by atoms with van der Waals surface area (Å²) in [5.41, 5.74) is 0. The first kappa shape index (κ1) is 21.3. The first-order valence-electron chi connectivity index (χ1n) is 11.0. The van der Waals surface area contributed by atoms with Crippen molar-refractivity contribution < 1.29 is 9.59 Å². The van der Waals surface area contributed by atoms with E-state index in [2.05, 4.69) is 98.8 Å². The van der Waals surface area contributed by atoms with Crippen LogP contribution in [0, 0.1) is 0 Å². The largest absolute Gasteiger partial charge is 0.273 e. The Morgan fingerprint density at radius 1 is 0.688 bits per heavy atom. The molecule has 2 atom stereocenters. The summed E-state index contributed by atoms with van der Waals surface area (Å²) in [4.78, 5) is 25.5. The minimum absolute atomic E-state index is 0.00120. The monoisotopic (exact) mass is 460 g/mol. The van der Waals surface area contributed by atoms with Crippen LogP contribution in [-0.4, -0.2) is 33.4 Å². The second-order valence-corrected chi connectivity index (χ2v) is 13.1. The molecule has 2 aliphatic rings. The van der Waals surface area contributed by atoms with Gasteiger partial charge in [0.2, 0.25) is 11.8 Å². The minimum atomic E-state index is -0.774. The van der Waals surface area contributed by atoms with E-state index in [0.29, 0.717) is 12.8 Å². The summed E-state index contributed by atoms with van der Waals surface area (Å²) in [5.74, 6) is 0.141. The van der Waals surface area contributed by atoms with Crippen molar-refractivity contribution >= 4 is 48.9 Å². The molecule has 0 aromatic heterocycles. The summed E-state index contributed by atoms with van der Waals surface area (Å²) in [6.07, 6.45) is 0.635. The van der Waals surface area contributed by atoms with Crippen LogP contribution in [0.3, 0.4) is 0 Å². The van der Waals surface area contributed by atoms with E-state index in [1.165, 1.54) is 21.2 Å². The van der Waals surface area contributed by atoms with Crippen molar-refractivity contribution in [3.05, 3.63) is 84.9 Å². The van der Waals surface area contributed by atoms with Gasteiger partial charge in [-0.1, -0.05) is 84.9 Å². The fourth-order valence-electron chi connectivity index (χ4n) is 4.86. The first-order chi connectivity index (χ1) is 15.6. The fourth-order valence-corrected chi connectivity index (χ4v) is 10.8. The smallest absolute Gasteiger partial charge is 0.242 e. The Kier molecular flexibility index (Phi) is 5.84. The molecule has 32 heavy (non-hydrogen) atoms. The van der Waals surface area contributed by atoms with Gasteiger partial charge < -0.3 is 0 Å². The summed E-state index contributed by atoms with van der Waals surface area (Å²) in [7, 11) is -1.53. The number of hydrogen-bond acceptors (Lipinski definition) is 2. The number of benzene rings is 3. The normalized spacial score (nSPS) is 21.3. The Bertz CT molecular complexity index is 1070. The maximum atomic E-state index is 12.8. The van der Waals surface area contributed by atoms with Gasteiger partial charge in [0.1, 0.15) is 0 Å². The number of carbonyl (C=O) groups excluding carboxylic acids is 2. The van der Waals surface area contributed by atoms with Gasteiger partial charge in [-0.2, -0.15) is 0 Å². The second-order valence-electron chi connectivity index (χ2n) is 8.14. The van der Waals surface area contributed by atoms with Gasteiger partial charge in [0.15, 0.2) is 0 Å². The number of hydrogen-bond donors (Lipinski definition) is 0. The van der Waals surface area contributed by atoms with Crippen LogP contribution in [0.1, 0.15) is 26.7 Å². The summed E-state index contributed by atoms with van der Waals surface area (Å²) < 4.78 is 0. The van der Waals surface area contributed by atoms with Crippen LogP contribution in [0.25, 0.3) is 0 Å². The van der Waals surface area contributed by atoms with Crippen LogP contribution in [0.4, 0.5) is 0 Å². The molecule has 6 heteroatoms. The van der Waals surface area contributed by atoms with Gasteiger partial charge in [0.05, 0.1) is 11.6 Å². The van der Waals surface area contributed by atoms with Crippen molar-refractivity contribution in [2.45, 2.75) is 38.3 Å². The zero-order valence-corrected chi connectivity index (χ0v) is 20.0. The van der Waals surface area contributed by atoms with E-state index in [1.54, 1.807) is 10.0 Å². The van der Waals surface area contributed by atoms with Gasteiger partial charge in [0.25, 0.3) is 0 Å². The van der Waals surface area contributed by atoms with E-state index in [0.717, 1.165) is 0 Å². The molecule has 0 N–H and O–H groups in total. The van der Waals surface area contributed by atoms with E-state index in [1.807, 2.05) is 0 Å². The molecule has 3 aromatic carbocycles. The summed E-state index contributed by atoms with van der Waals surface area (Å²) in [5, 5.41) is 8.75. The van der Waals surface area contributed by atoms with Crippen LogP contribution in [0.15, 0.2) is 84.9 Å². The van der Waals surface area contributed by atoms with Crippen molar-refractivity contribution in [1.29, 1.82) is 0 Å². The van der Waals surface area contributed by atoms with E-state index >= 15 is 0 Å². The fraction of sp³-hybridized carbons (Fsp3) is 0.231. The number of rotatable bonds is 4. The lowest BCUT2D eigenvalue weighted by molar-refractivity contribution is -0.170. The number of nitrogens with zero attached hydrogens (tertiary/aromatic N) is 2. The van der Waals surface area contributed by atoms with Crippen molar-refractivity contribution in [2.75, 3.05) is 0 Å². The zero-order chi connectivity index (χ0) is 22.2. The molecule has 0 saturated carbocycles. The molecule has 4 nitrogen and oxygen atoms in total. The van der Waals surface area contributed by atoms with E-state index < -0.39 is 15.8 Å². The quantitative estimate of drug-likeness (QED) is 0.558. The van der Waals surface area contributed by atoms with Crippen molar-refractivity contribution in [3.63, 3.8) is 0 Å². The first-order valence-corrected chi connectivity index (χ1v) is 13.8. The molecule has 0 unspecified atom stereocenters. The maximum absolute atomic E-state index is 12.8. The molecule has 2 saturated heterocycles. The van der Waals surface area contributed by atoms with E-state index in [9.17, 15) is 9.59 Å². The Hall–Kier alpha value is -2.54. The second kappa shape index (κ2) is 8.77. The number of hydrazine groups is 1. The lowest BCUT2D eigenvalue weighted by Gasteiger charge is -2.35. The molecular weight excluding hydrogens is 434 g/mol. The third-order valence-corrected chi connectivity index (χ3v) is 11.9. The van der Waals surface area contributed by atoms with Crippen LogP contribution in [0.2, 0.25) is 0 Å². The lowest BCUT2D eigenvalue weighted by atomic mass is 10.2. The Morgan fingerprint density at radius 2 is 1.12 bits per heavy atom. The maximum Gasteiger partial charge on any atom is 0.242 e. The standard InChI is InChI=1S/C26H26N2O2P2/c1-19-27-25(29)17-18-26(30)28(27)20(2)31(19)23-15-9-10-16-24(23)32(21-11-5-3-6-12-21)22-13-7-4-8-14-22/h3-16,19-20H,17-18H2,1-2H3/t19-,20-/m1/s1. The van der Waals surface area contributed by atoms with Gasteiger partial charge in [-0.3, -0.25) is 9.59 Å². The Labute approximate surface area is 191 Å². The van der Waals surface area contributed by atoms with E-state index in [-0.39, 0.29) is 23.4 Å². The third-order valence-electron chi connectivity index (χ3n) is 6.24. The van der Waals surface area contributed by atoms with Gasteiger partial charge in [0, 0.05) is 12.8 Å². The average molecular weight is 460 g/mol. The number of fused-ring (bicyclic) bond motifs is 1. The molecule has 162 valence electrons. The van der Waals surface area contributed by atoms with Crippen LogP contribution in [0.5, 0.6) is 0 Å². The van der Waals surface area contributed by atoms with Crippen LogP contribution < -0.4 is 21.2 Å². The number of carbonyl (C=O) groups is 2. The number of amides is 2. The predicted molar refractivity (Wildman–Crippen MR) is 134 cm³/mol. The van der Waals surface area contributed by atoms with Crippen LogP contribution >= 0.6 is 15.8 Å². The molecule has 2 fully saturated rings. The summed E-state index contributed by atoms with van der Waals surface area (Å²) in [6, 6.07) is 30.1. The molecule has 3 aromatic rings. The van der Waals surface area contributed by atoms with Gasteiger partial charge in [-0.15, -0.1) is 0 Å². The SMILES string of the molecule is C[C@@H]1N2C(=O)CCC(=O)N2[C@@H](C)P1c1ccccc1P(c1ccccc1)c1ccccc1. The molecule has 2 aliphatic heterocycles. The molecule has 2 heterocycles. The molecule has 0 radical (unpaired) electrons.